The molecule has 0 heterocycles. The summed E-state index contributed by atoms with van der Waals surface area (Å²) in [6.07, 6.45) is 11.7. The Morgan fingerprint density at radius 2 is 1.78 bits per heavy atom. The molecule has 2 heteroatoms. The molecule has 2 aliphatic carbocycles. The third kappa shape index (κ3) is 3.27. The lowest BCUT2D eigenvalue weighted by Crippen LogP contribution is -2.52. The lowest BCUT2D eigenvalue weighted by molar-refractivity contribution is -0.0922. The van der Waals surface area contributed by atoms with E-state index in [2.05, 4.69) is 13.8 Å². The summed E-state index contributed by atoms with van der Waals surface area (Å²) in [6, 6.07) is 0.257. The number of ether oxygens (including phenoxy) is 1. The van der Waals surface area contributed by atoms with Gasteiger partial charge in [-0.15, -0.1) is 0 Å². The van der Waals surface area contributed by atoms with Crippen LogP contribution in [0.2, 0.25) is 0 Å². The van der Waals surface area contributed by atoms with Crippen LogP contribution in [0.25, 0.3) is 0 Å². The molecule has 0 saturated heterocycles. The molecule has 2 saturated carbocycles. The fourth-order valence-electron chi connectivity index (χ4n) is 3.98. The van der Waals surface area contributed by atoms with Gasteiger partial charge in [0.2, 0.25) is 0 Å². The van der Waals surface area contributed by atoms with Crippen LogP contribution < -0.4 is 5.73 Å². The molecule has 2 fully saturated rings. The third-order valence-corrected chi connectivity index (χ3v) is 5.29. The summed E-state index contributed by atoms with van der Waals surface area (Å²) in [7, 11) is 0. The van der Waals surface area contributed by atoms with Crippen molar-refractivity contribution < 1.29 is 4.74 Å². The lowest BCUT2D eigenvalue weighted by atomic mass is 9.73. The minimum absolute atomic E-state index is 0.00382. The summed E-state index contributed by atoms with van der Waals surface area (Å²) >= 11 is 0. The largest absolute Gasteiger partial charge is 0.374 e. The first-order valence-corrected chi connectivity index (χ1v) is 8.06. The molecule has 0 aromatic carbocycles. The van der Waals surface area contributed by atoms with Crippen molar-refractivity contribution >= 4 is 0 Å². The van der Waals surface area contributed by atoms with Gasteiger partial charge in [0.15, 0.2) is 0 Å². The van der Waals surface area contributed by atoms with E-state index in [0.29, 0.717) is 0 Å². The average Bonchev–Trinajstić information content (AvgIpc) is 2.85. The molecule has 2 rings (SSSR count). The summed E-state index contributed by atoms with van der Waals surface area (Å²) in [5.74, 6) is 1.73. The number of rotatable bonds is 5. The van der Waals surface area contributed by atoms with Crippen LogP contribution in [-0.2, 0) is 4.74 Å². The van der Waals surface area contributed by atoms with E-state index in [1.165, 1.54) is 57.8 Å². The summed E-state index contributed by atoms with van der Waals surface area (Å²) < 4.78 is 6.17. The third-order valence-electron chi connectivity index (χ3n) is 5.29. The zero-order valence-corrected chi connectivity index (χ0v) is 12.3. The van der Waals surface area contributed by atoms with Gasteiger partial charge in [-0.25, -0.2) is 0 Å². The predicted molar refractivity (Wildman–Crippen MR) is 76.5 cm³/mol. The molecule has 18 heavy (non-hydrogen) atoms. The second-order valence-corrected chi connectivity index (χ2v) is 6.67. The molecule has 0 aromatic rings. The molecule has 0 amide bonds. The van der Waals surface area contributed by atoms with Crippen molar-refractivity contribution in [3.8, 4) is 0 Å². The van der Waals surface area contributed by atoms with Gasteiger partial charge in [0.05, 0.1) is 5.60 Å². The van der Waals surface area contributed by atoms with E-state index in [-0.39, 0.29) is 11.6 Å². The fraction of sp³-hybridized carbons (Fsp3) is 1.00. The van der Waals surface area contributed by atoms with Crippen molar-refractivity contribution in [3.05, 3.63) is 0 Å². The molecule has 0 aliphatic heterocycles. The van der Waals surface area contributed by atoms with E-state index in [0.717, 1.165) is 18.4 Å². The van der Waals surface area contributed by atoms with E-state index in [1.807, 2.05) is 0 Å². The van der Waals surface area contributed by atoms with Gasteiger partial charge in [0, 0.05) is 12.6 Å². The van der Waals surface area contributed by atoms with Crippen LogP contribution >= 0.6 is 0 Å². The van der Waals surface area contributed by atoms with Gasteiger partial charge in [-0.05, 0) is 50.9 Å². The minimum atomic E-state index is 0.00382. The molecular weight excluding hydrogens is 222 g/mol. The van der Waals surface area contributed by atoms with Crippen molar-refractivity contribution in [2.75, 3.05) is 6.61 Å². The Morgan fingerprint density at radius 1 is 1.17 bits per heavy atom. The lowest BCUT2D eigenvalue weighted by Gasteiger charge is -2.44. The first-order chi connectivity index (χ1) is 8.66. The molecule has 106 valence electrons. The van der Waals surface area contributed by atoms with Crippen LogP contribution in [0.1, 0.15) is 71.6 Å². The van der Waals surface area contributed by atoms with Crippen molar-refractivity contribution in [2.45, 2.75) is 83.3 Å². The Balaban J connectivity index is 1.94. The fourth-order valence-corrected chi connectivity index (χ4v) is 3.98. The van der Waals surface area contributed by atoms with Crippen LogP contribution in [-0.4, -0.2) is 18.2 Å². The van der Waals surface area contributed by atoms with Gasteiger partial charge in [-0.3, -0.25) is 0 Å². The molecule has 0 radical (unpaired) electrons. The summed E-state index contributed by atoms with van der Waals surface area (Å²) in [5, 5.41) is 0. The van der Waals surface area contributed by atoms with Crippen LogP contribution in [0.4, 0.5) is 0 Å². The summed E-state index contributed by atoms with van der Waals surface area (Å²) in [6.45, 7) is 5.28. The second-order valence-electron chi connectivity index (χ2n) is 6.67. The van der Waals surface area contributed by atoms with Crippen LogP contribution in [0.15, 0.2) is 0 Å². The van der Waals surface area contributed by atoms with Gasteiger partial charge < -0.3 is 10.5 Å². The number of nitrogens with two attached hydrogens (primary N) is 1. The van der Waals surface area contributed by atoms with E-state index in [4.69, 9.17) is 10.5 Å². The Labute approximate surface area is 113 Å². The molecule has 1 atom stereocenters. The Morgan fingerprint density at radius 3 is 2.33 bits per heavy atom. The van der Waals surface area contributed by atoms with Crippen molar-refractivity contribution in [1.82, 2.24) is 0 Å². The number of hydrogen-bond donors (Lipinski definition) is 1. The van der Waals surface area contributed by atoms with E-state index < -0.39 is 0 Å². The van der Waals surface area contributed by atoms with Crippen molar-refractivity contribution in [2.24, 2.45) is 17.6 Å². The SMILES string of the molecule is CCOC1(C(N)CC2CCCC2)CCC(C)CC1. The first kappa shape index (κ1) is 14.3. The van der Waals surface area contributed by atoms with Gasteiger partial charge in [-0.1, -0.05) is 32.6 Å². The maximum atomic E-state index is 6.57. The summed E-state index contributed by atoms with van der Waals surface area (Å²) in [5.41, 5.74) is 6.57. The van der Waals surface area contributed by atoms with Crippen LogP contribution in [0.3, 0.4) is 0 Å². The highest BCUT2D eigenvalue weighted by Crippen LogP contribution is 2.40. The van der Waals surface area contributed by atoms with Gasteiger partial charge in [0.1, 0.15) is 0 Å². The predicted octanol–water partition coefficient (Wildman–Crippen LogP) is 3.88. The average molecular weight is 253 g/mol. The molecule has 2 N–H and O–H groups in total. The van der Waals surface area contributed by atoms with Gasteiger partial charge >= 0.3 is 0 Å². The Bertz CT molecular complexity index is 239. The molecular formula is C16H31NO. The standard InChI is InChI=1S/C16H31NO/c1-3-18-16(10-8-13(2)9-11-16)15(17)12-14-6-4-5-7-14/h13-15H,3-12,17H2,1-2H3. The van der Waals surface area contributed by atoms with E-state index in [1.54, 1.807) is 0 Å². The smallest absolute Gasteiger partial charge is 0.0832 e. The van der Waals surface area contributed by atoms with Crippen molar-refractivity contribution in [1.29, 1.82) is 0 Å². The Hall–Kier alpha value is -0.0800. The highest BCUT2D eigenvalue weighted by Gasteiger charge is 2.41. The Kier molecular flexibility index (Phi) is 5.08. The molecule has 0 bridgehead atoms. The molecule has 2 nitrogen and oxygen atoms in total. The second kappa shape index (κ2) is 6.38. The van der Waals surface area contributed by atoms with Crippen molar-refractivity contribution in [3.63, 3.8) is 0 Å². The van der Waals surface area contributed by atoms with Gasteiger partial charge in [-0.2, -0.15) is 0 Å². The zero-order chi connectivity index (χ0) is 13.0. The monoisotopic (exact) mass is 253 g/mol. The maximum Gasteiger partial charge on any atom is 0.0832 e. The zero-order valence-electron chi connectivity index (χ0n) is 12.3. The summed E-state index contributed by atoms with van der Waals surface area (Å²) in [4.78, 5) is 0. The minimum Gasteiger partial charge on any atom is -0.374 e. The molecule has 0 aromatic heterocycles. The normalized spacial score (nSPS) is 35.8. The number of hydrogen-bond acceptors (Lipinski definition) is 2. The molecule has 1 unspecified atom stereocenters. The topological polar surface area (TPSA) is 35.2 Å². The quantitative estimate of drug-likeness (QED) is 0.807. The van der Waals surface area contributed by atoms with Gasteiger partial charge in [0.25, 0.3) is 0 Å². The maximum absolute atomic E-state index is 6.57. The van der Waals surface area contributed by atoms with Crippen LogP contribution in [0, 0.1) is 11.8 Å². The van der Waals surface area contributed by atoms with E-state index in [9.17, 15) is 0 Å². The first-order valence-electron chi connectivity index (χ1n) is 8.06. The molecule has 0 spiro atoms. The van der Waals surface area contributed by atoms with Crippen LogP contribution in [0.5, 0.6) is 0 Å². The highest BCUT2D eigenvalue weighted by atomic mass is 16.5. The molecule has 2 aliphatic rings. The highest BCUT2D eigenvalue weighted by molar-refractivity contribution is 4.96. The van der Waals surface area contributed by atoms with E-state index >= 15 is 0 Å².